The molecule has 0 amide bonds. The van der Waals surface area contributed by atoms with Crippen molar-refractivity contribution >= 4 is 6.08 Å². The van der Waals surface area contributed by atoms with Crippen LogP contribution in [0.3, 0.4) is 0 Å². The van der Waals surface area contributed by atoms with Gasteiger partial charge in [0.25, 0.3) is 0 Å². The van der Waals surface area contributed by atoms with Gasteiger partial charge in [0.2, 0.25) is 0 Å². The van der Waals surface area contributed by atoms with Gasteiger partial charge in [0.05, 0.1) is 6.04 Å². The van der Waals surface area contributed by atoms with Crippen LogP contribution in [0.15, 0.2) is 30.3 Å². The smallest absolute Gasteiger partial charge is 0.0901 e. The van der Waals surface area contributed by atoms with E-state index in [2.05, 4.69) is 68.0 Å². The fourth-order valence-electron chi connectivity index (χ4n) is 3.12. The first-order valence-electron chi connectivity index (χ1n) is 10.2. The monoisotopic (exact) mass is 339 g/mol. The van der Waals surface area contributed by atoms with Gasteiger partial charge in [-0.1, -0.05) is 94.7 Å². The number of nitrogens with zero attached hydrogens (tertiary/aromatic N) is 1. The molecule has 0 spiro atoms. The lowest BCUT2D eigenvalue weighted by molar-refractivity contribution is 0.252. The van der Waals surface area contributed by atoms with Crippen LogP contribution >= 0.6 is 0 Å². The molecule has 1 aromatic rings. The molecule has 1 heteroatoms. The largest absolute Gasteiger partial charge is 0.287 e. The van der Waals surface area contributed by atoms with Gasteiger partial charge in [-0.25, -0.2) is 0 Å². The van der Waals surface area contributed by atoms with Crippen LogP contribution in [-0.4, -0.2) is 24.0 Å². The summed E-state index contributed by atoms with van der Waals surface area (Å²) in [5.41, 5.74) is 2.56. The van der Waals surface area contributed by atoms with Gasteiger partial charge >= 0.3 is 0 Å². The van der Waals surface area contributed by atoms with Crippen molar-refractivity contribution in [3.63, 3.8) is 0 Å². The number of hydrogen-bond acceptors (Lipinski definition) is 1. The van der Waals surface area contributed by atoms with E-state index < -0.39 is 0 Å². The first kappa shape index (κ1) is 21.5. The minimum Gasteiger partial charge on any atom is -0.287 e. The maximum atomic E-state index is 5.89. The summed E-state index contributed by atoms with van der Waals surface area (Å²) in [5, 5.41) is 0. The second kappa shape index (κ2) is 13.7. The molecule has 25 heavy (non-hydrogen) atoms. The summed E-state index contributed by atoms with van der Waals surface area (Å²) in [5.74, 6) is 3.01. The summed E-state index contributed by atoms with van der Waals surface area (Å²) in [7, 11) is 0. The third-order valence-electron chi connectivity index (χ3n) is 4.81. The number of terminal acetylenes is 1. The van der Waals surface area contributed by atoms with E-state index in [-0.39, 0.29) is 6.04 Å². The Morgan fingerprint density at radius 2 is 1.56 bits per heavy atom. The van der Waals surface area contributed by atoms with Crippen LogP contribution in [0.25, 0.3) is 6.08 Å². The van der Waals surface area contributed by atoms with Crippen LogP contribution in [0, 0.1) is 19.3 Å². The zero-order valence-corrected chi connectivity index (χ0v) is 16.6. The number of rotatable bonds is 13. The van der Waals surface area contributed by atoms with Crippen molar-refractivity contribution < 1.29 is 0 Å². The third-order valence-corrected chi connectivity index (χ3v) is 4.81. The van der Waals surface area contributed by atoms with Crippen LogP contribution < -0.4 is 0 Å². The maximum absolute atomic E-state index is 5.89. The average Bonchev–Trinajstić information content (AvgIpc) is 2.63. The van der Waals surface area contributed by atoms with E-state index in [1.807, 2.05) is 0 Å². The first-order chi connectivity index (χ1) is 12.2. The number of aryl methyl sites for hydroxylation is 1. The van der Waals surface area contributed by atoms with Gasteiger partial charge in [0, 0.05) is 0 Å². The fraction of sp³-hybridized carbons (Fsp3) is 0.583. The highest BCUT2D eigenvalue weighted by molar-refractivity contribution is 5.54. The Labute approximate surface area is 156 Å². The van der Waals surface area contributed by atoms with Crippen LogP contribution in [0.4, 0.5) is 0 Å². The Hall–Kier alpha value is -1.52. The van der Waals surface area contributed by atoms with Gasteiger partial charge in [-0.05, 0) is 44.0 Å². The van der Waals surface area contributed by atoms with E-state index in [4.69, 9.17) is 6.42 Å². The predicted molar refractivity (Wildman–Crippen MR) is 113 cm³/mol. The molecule has 1 atom stereocenters. The molecule has 0 saturated heterocycles. The molecule has 0 heterocycles. The van der Waals surface area contributed by atoms with Crippen molar-refractivity contribution in [1.82, 2.24) is 4.90 Å². The summed E-state index contributed by atoms with van der Waals surface area (Å²) in [4.78, 5) is 2.50. The van der Waals surface area contributed by atoms with Crippen LogP contribution in [-0.2, 0) is 0 Å². The Morgan fingerprint density at radius 1 is 0.960 bits per heavy atom. The number of hydrogen-bond donors (Lipinski definition) is 0. The highest BCUT2D eigenvalue weighted by atomic mass is 15.1. The molecule has 0 bridgehead atoms. The SMILES string of the molecule is C#CC(/C=C/c1ccccc1C)N(CCCCCC)CCCCCC. The van der Waals surface area contributed by atoms with E-state index in [0.29, 0.717) is 0 Å². The lowest BCUT2D eigenvalue weighted by atomic mass is 10.1. The Morgan fingerprint density at radius 3 is 2.08 bits per heavy atom. The molecule has 0 radical (unpaired) electrons. The molecule has 1 nitrogen and oxygen atoms in total. The molecule has 0 saturated carbocycles. The molecule has 0 aliphatic rings. The van der Waals surface area contributed by atoms with Crippen LogP contribution in [0.1, 0.15) is 76.3 Å². The van der Waals surface area contributed by atoms with Gasteiger partial charge < -0.3 is 0 Å². The second-order valence-corrected chi connectivity index (χ2v) is 6.98. The Bertz CT molecular complexity index is 511. The van der Waals surface area contributed by atoms with E-state index >= 15 is 0 Å². The summed E-state index contributed by atoms with van der Waals surface area (Å²) in [6.45, 7) is 8.89. The van der Waals surface area contributed by atoms with E-state index in [9.17, 15) is 0 Å². The van der Waals surface area contributed by atoms with Crippen molar-refractivity contribution in [2.75, 3.05) is 13.1 Å². The summed E-state index contributed by atoms with van der Waals surface area (Å²) >= 11 is 0. The third kappa shape index (κ3) is 8.94. The Balaban J connectivity index is 2.69. The summed E-state index contributed by atoms with van der Waals surface area (Å²) in [6, 6.07) is 8.58. The first-order valence-corrected chi connectivity index (χ1v) is 10.2. The van der Waals surface area contributed by atoms with Crippen molar-refractivity contribution in [1.29, 1.82) is 0 Å². The van der Waals surface area contributed by atoms with E-state index in [0.717, 1.165) is 13.1 Å². The van der Waals surface area contributed by atoms with Gasteiger partial charge in [0.1, 0.15) is 0 Å². The van der Waals surface area contributed by atoms with Gasteiger partial charge in [-0.15, -0.1) is 6.42 Å². The molecule has 0 fully saturated rings. The fourth-order valence-corrected chi connectivity index (χ4v) is 3.12. The summed E-state index contributed by atoms with van der Waals surface area (Å²) in [6.07, 6.45) is 20.6. The molecule has 1 unspecified atom stereocenters. The molecule has 138 valence electrons. The van der Waals surface area contributed by atoms with Gasteiger partial charge in [-0.3, -0.25) is 4.90 Å². The predicted octanol–water partition coefficient (Wildman–Crippen LogP) is 6.47. The molecule has 1 rings (SSSR count). The molecular formula is C24H37N. The average molecular weight is 340 g/mol. The highest BCUT2D eigenvalue weighted by Crippen LogP contribution is 2.13. The molecule has 1 aromatic carbocycles. The topological polar surface area (TPSA) is 3.24 Å². The second-order valence-electron chi connectivity index (χ2n) is 6.98. The van der Waals surface area contributed by atoms with Gasteiger partial charge in [-0.2, -0.15) is 0 Å². The van der Waals surface area contributed by atoms with Crippen molar-refractivity contribution in [2.45, 2.75) is 78.2 Å². The Kier molecular flexibility index (Phi) is 11.8. The van der Waals surface area contributed by atoms with Crippen LogP contribution in [0.2, 0.25) is 0 Å². The van der Waals surface area contributed by atoms with E-state index in [1.165, 1.54) is 62.5 Å². The standard InChI is InChI=1S/C24H37N/c1-5-8-10-14-20-25(21-15-11-9-6-2)24(7-3)19-18-23-17-13-12-16-22(23)4/h3,12-13,16-19,24H,5-6,8-11,14-15,20-21H2,1-2,4H3/b19-18+. The quantitative estimate of drug-likeness (QED) is 0.294. The van der Waals surface area contributed by atoms with Crippen molar-refractivity contribution in [3.05, 3.63) is 41.5 Å². The molecule has 0 aromatic heterocycles. The number of benzene rings is 1. The lowest BCUT2D eigenvalue weighted by Gasteiger charge is -2.26. The molecular weight excluding hydrogens is 302 g/mol. The zero-order chi connectivity index (χ0) is 18.3. The normalized spacial score (nSPS) is 12.6. The maximum Gasteiger partial charge on any atom is 0.0901 e. The zero-order valence-electron chi connectivity index (χ0n) is 16.6. The molecule has 0 N–H and O–H groups in total. The van der Waals surface area contributed by atoms with Crippen molar-refractivity contribution in [2.24, 2.45) is 0 Å². The minimum atomic E-state index is 0.0999. The van der Waals surface area contributed by atoms with Crippen molar-refractivity contribution in [3.8, 4) is 12.3 Å². The van der Waals surface area contributed by atoms with Gasteiger partial charge in [0.15, 0.2) is 0 Å². The summed E-state index contributed by atoms with van der Waals surface area (Å²) < 4.78 is 0. The van der Waals surface area contributed by atoms with E-state index in [1.54, 1.807) is 0 Å². The highest BCUT2D eigenvalue weighted by Gasteiger charge is 2.12. The lowest BCUT2D eigenvalue weighted by Crippen LogP contribution is -2.34. The minimum absolute atomic E-state index is 0.0999. The number of unbranched alkanes of at least 4 members (excludes halogenated alkanes) is 6. The molecule has 0 aliphatic carbocycles. The van der Waals surface area contributed by atoms with Crippen LogP contribution in [0.5, 0.6) is 0 Å². The molecule has 0 aliphatic heterocycles.